The van der Waals surface area contributed by atoms with E-state index in [1.807, 2.05) is 42.1 Å². The van der Waals surface area contributed by atoms with Crippen LogP contribution in [0.5, 0.6) is 0 Å². The van der Waals surface area contributed by atoms with Gasteiger partial charge in [0.1, 0.15) is 17.7 Å². The number of nitrogens with one attached hydrogen (secondary N) is 4. The van der Waals surface area contributed by atoms with Crippen molar-refractivity contribution in [1.82, 2.24) is 25.8 Å². The standard InChI is InChI=1S/C28H41N5O5/c1-28(2,3)38-27(37)30-16-9-7-12-21-26(36)32-22(25(35)29-15-10-8-14-24(34)31-21)17-19-18-33(4)23-13-6-5-11-20(19)23/h5-6,11,13,18,21-22H,7-10,12,14-17H2,1-4H3,(H,29,35)(H,30,37)(H,31,34)(H,32,36)/t21-,22-/m0/s1. The lowest BCUT2D eigenvalue weighted by molar-refractivity contribution is -0.132. The van der Waals surface area contributed by atoms with Crippen molar-refractivity contribution < 1.29 is 23.9 Å². The minimum Gasteiger partial charge on any atom is -0.444 e. The van der Waals surface area contributed by atoms with Gasteiger partial charge in [-0.2, -0.15) is 0 Å². The second-order valence-electron chi connectivity index (χ2n) is 10.8. The van der Waals surface area contributed by atoms with E-state index >= 15 is 0 Å². The van der Waals surface area contributed by atoms with E-state index in [2.05, 4.69) is 21.3 Å². The summed E-state index contributed by atoms with van der Waals surface area (Å²) in [6.45, 7) is 6.23. The number of hydrogen-bond donors (Lipinski definition) is 4. The molecule has 1 aromatic carbocycles. The van der Waals surface area contributed by atoms with Gasteiger partial charge in [0.15, 0.2) is 0 Å². The fourth-order valence-electron chi connectivity index (χ4n) is 4.55. The average molecular weight is 528 g/mol. The van der Waals surface area contributed by atoms with Crippen molar-refractivity contribution in [3.63, 3.8) is 0 Å². The topological polar surface area (TPSA) is 131 Å². The third kappa shape index (κ3) is 8.78. The zero-order valence-corrected chi connectivity index (χ0v) is 22.9. The number of benzene rings is 1. The first-order valence-electron chi connectivity index (χ1n) is 13.4. The van der Waals surface area contributed by atoms with Crippen molar-refractivity contribution in [2.75, 3.05) is 13.1 Å². The molecule has 4 N–H and O–H groups in total. The SMILES string of the molecule is Cn1cc(C[C@@H]2NC(=O)[C@H](CCCCNC(=O)OC(C)(C)C)NC(=O)CCCCNC2=O)c2ccccc21. The molecule has 4 amide bonds. The third-order valence-corrected chi connectivity index (χ3v) is 6.41. The Morgan fingerprint density at radius 2 is 1.82 bits per heavy atom. The maximum Gasteiger partial charge on any atom is 0.407 e. The predicted octanol–water partition coefficient (Wildman–Crippen LogP) is 2.69. The number of nitrogens with zero attached hydrogens (tertiary/aromatic N) is 1. The van der Waals surface area contributed by atoms with Gasteiger partial charge in [0.05, 0.1) is 0 Å². The Labute approximate surface area is 224 Å². The van der Waals surface area contributed by atoms with Gasteiger partial charge in [-0.15, -0.1) is 0 Å². The maximum atomic E-state index is 13.3. The van der Waals surface area contributed by atoms with Crippen LogP contribution < -0.4 is 21.3 Å². The van der Waals surface area contributed by atoms with Crippen LogP contribution in [0.1, 0.15) is 64.9 Å². The zero-order chi connectivity index (χ0) is 27.7. The summed E-state index contributed by atoms with van der Waals surface area (Å²) in [6, 6.07) is 6.39. The molecule has 1 aliphatic heterocycles. The van der Waals surface area contributed by atoms with Crippen LogP contribution in [-0.2, 0) is 32.6 Å². The minimum absolute atomic E-state index is 0.186. The molecular weight excluding hydrogens is 486 g/mol. The highest BCUT2D eigenvalue weighted by Crippen LogP contribution is 2.22. The molecule has 208 valence electrons. The van der Waals surface area contributed by atoms with Crippen molar-refractivity contribution in [1.29, 1.82) is 0 Å². The summed E-state index contributed by atoms with van der Waals surface area (Å²) in [5.74, 6) is -0.813. The molecule has 0 bridgehead atoms. The molecule has 0 unspecified atom stereocenters. The van der Waals surface area contributed by atoms with Crippen LogP contribution in [0.15, 0.2) is 30.5 Å². The fourth-order valence-corrected chi connectivity index (χ4v) is 4.55. The van der Waals surface area contributed by atoms with Gasteiger partial charge in [0, 0.05) is 50.1 Å². The largest absolute Gasteiger partial charge is 0.444 e. The van der Waals surface area contributed by atoms with Gasteiger partial charge in [-0.05, 0) is 64.5 Å². The van der Waals surface area contributed by atoms with Crippen molar-refractivity contribution in [3.8, 4) is 0 Å². The van der Waals surface area contributed by atoms with Crippen LogP contribution in [0.3, 0.4) is 0 Å². The van der Waals surface area contributed by atoms with Gasteiger partial charge < -0.3 is 30.6 Å². The first kappa shape index (κ1) is 29.0. The summed E-state index contributed by atoms with van der Waals surface area (Å²) in [5.41, 5.74) is 1.44. The molecule has 0 aliphatic carbocycles. The Hall–Kier alpha value is -3.56. The molecular formula is C28H41N5O5. The zero-order valence-electron chi connectivity index (χ0n) is 22.9. The van der Waals surface area contributed by atoms with Crippen LogP contribution in [0.2, 0.25) is 0 Å². The summed E-state index contributed by atoms with van der Waals surface area (Å²) in [5, 5.41) is 12.4. The number of ether oxygens (including phenoxy) is 1. The van der Waals surface area contributed by atoms with E-state index in [1.54, 1.807) is 20.8 Å². The molecule has 1 aromatic heterocycles. The highest BCUT2D eigenvalue weighted by Gasteiger charge is 2.28. The van der Waals surface area contributed by atoms with Gasteiger partial charge in [-0.25, -0.2) is 4.79 Å². The summed E-state index contributed by atoms with van der Waals surface area (Å²) in [6.07, 6.45) is 5.00. The van der Waals surface area contributed by atoms with Gasteiger partial charge >= 0.3 is 6.09 Å². The number of para-hydroxylation sites is 1. The number of unbranched alkanes of at least 4 members (excludes halogenated alkanes) is 1. The first-order valence-corrected chi connectivity index (χ1v) is 13.4. The van der Waals surface area contributed by atoms with Crippen molar-refractivity contribution in [2.24, 2.45) is 7.05 Å². The highest BCUT2D eigenvalue weighted by molar-refractivity contribution is 5.93. The van der Waals surface area contributed by atoms with E-state index in [-0.39, 0.29) is 17.7 Å². The van der Waals surface area contributed by atoms with E-state index in [1.165, 1.54) is 0 Å². The molecule has 0 spiro atoms. The monoisotopic (exact) mass is 527 g/mol. The lowest BCUT2D eigenvalue weighted by Crippen LogP contribution is -2.54. The lowest BCUT2D eigenvalue weighted by atomic mass is 10.0. The summed E-state index contributed by atoms with van der Waals surface area (Å²) in [4.78, 5) is 50.7. The number of fused-ring (bicyclic) bond motifs is 1. The summed E-state index contributed by atoms with van der Waals surface area (Å²) in [7, 11) is 1.95. The first-order chi connectivity index (χ1) is 18.0. The number of aromatic nitrogens is 1. The molecule has 10 nitrogen and oxygen atoms in total. The van der Waals surface area contributed by atoms with E-state index in [9.17, 15) is 19.2 Å². The van der Waals surface area contributed by atoms with E-state index in [4.69, 9.17) is 4.74 Å². The van der Waals surface area contributed by atoms with Gasteiger partial charge in [0.25, 0.3) is 0 Å². The van der Waals surface area contributed by atoms with Crippen molar-refractivity contribution in [2.45, 2.75) is 83.4 Å². The molecule has 2 heterocycles. The van der Waals surface area contributed by atoms with Crippen LogP contribution in [-0.4, -0.2) is 59.2 Å². The van der Waals surface area contributed by atoms with Crippen LogP contribution in [0.4, 0.5) is 4.79 Å². The number of aryl methyl sites for hydroxylation is 1. The third-order valence-electron chi connectivity index (χ3n) is 6.41. The van der Waals surface area contributed by atoms with E-state index in [0.717, 1.165) is 16.5 Å². The van der Waals surface area contributed by atoms with Gasteiger partial charge in [0.2, 0.25) is 17.7 Å². The predicted molar refractivity (Wildman–Crippen MR) is 145 cm³/mol. The molecule has 1 aliphatic rings. The Morgan fingerprint density at radius 1 is 1.05 bits per heavy atom. The molecule has 2 atom stereocenters. The van der Waals surface area contributed by atoms with E-state index in [0.29, 0.717) is 58.0 Å². The second kappa shape index (κ2) is 13.3. The molecule has 1 saturated heterocycles. The average Bonchev–Trinajstić information content (AvgIpc) is 3.15. The molecule has 1 fully saturated rings. The number of carbonyl (C=O) groups is 4. The molecule has 38 heavy (non-hydrogen) atoms. The molecule has 3 rings (SSSR count). The second-order valence-corrected chi connectivity index (χ2v) is 10.8. The number of carbonyl (C=O) groups excluding carboxylic acids is 4. The Kier molecular flexibility index (Phi) is 10.2. The van der Waals surface area contributed by atoms with Crippen LogP contribution in [0, 0.1) is 0 Å². The van der Waals surface area contributed by atoms with Gasteiger partial charge in [-0.1, -0.05) is 18.2 Å². The normalized spacial score (nSPS) is 19.5. The number of rotatable bonds is 7. The molecule has 10 heteroatoms. The van der Waals surface area contributed by atoms with Crippen molar-refractivity contribution in [3.05, 3.63) is 36.0 Å². The fraction of sp³-hybridized carbons (Fsp3) is 0.571. The molecule has 2 aromatic rings. The van der Waals surface area contributed by atoms with Crippen LogP contribution in [0.25, 0.3) is 10.9 Å². The highest BCUT2D eigenvalue weighted by atomic mass is 16.6. The van der Waals surface area contributed by atoms with E-state index < -0.39 is 23.8 Å². The summed E-state index contributed by atoms with van der Waals surface area (Å²) < 4.78 is 7.24. The lowest BCUT2D eigenvalue weighted by Gasteiger charge is -2.24. The Bertz CT molecular complexity index is 1140. The Morgan fingerprint density at radius 3 is 2.58 bits per heavy atom. The van der Waals surface area contributed by atoms with Crippen LogP contribution >= 0.6 is 0 Å². The van der Waals surface area contributed by atoms with Gasteiger partial charge in [-0.3, -0.25) is 14.4 Å². The minimum atomic E-state index is -0.777. The summed E-state index contributed by atoms with van der Waals surface area (Å²) >= 11 is 0. The maximum absolute atomic E-state index is 13.3. The number of hydrogen-bond acceptors (Lipinski definition) is 5. The van der Waals surface area contributed by atoms with Crippen molar-refractivity contribution >= 4 is 34.7 Å². The Balaban J connectivity index is 1.66. The smallest absolute Gasteiger partial charge is 0.407 e. The number of alkyl carbamates (subject to hydrolysis) is 1. The quantitative estimate of drug-likeness (QED) is 0.411. The molecule has 0 radical (unpaired) electrons. The number of amides is 4. The molecule has 0 saturated carbocycles.